The highest BCUT2D eigenvalue weighted by Crippen LogP contribution is 2.26. The Morgan fingerprint density at radius 2 is 1.78 bits per heavy atom. The summed E-state index contributed by atoms with van der Waals surface area (Å²) in [6.45, 7) is 2.07. The van der Waals surface area contributed by atoms with Crippen molar-refractivity contribution in [3.05, 3.63) is 72.7 Å². The number of hydrogen-bond donors (Lipinski definition) is 1. The van der Waals surface area contributed by atoms with Crippen LogP contribution in [0.1, 0.15) is 5.56 Å². The summed E-state index contributed by atoms with van der Waals surface area (Å²) < 4.78 is 2.00. The molecule has 0 bridgehead atoms. The Morgan fingerprint density at radius 1 is 0.957 bits per heavy atom. The highest BCUT2D eigenvalue weighted by atomic mass is 15.2. The molecule has 1 N–H and O–H groups in total. The van der Waals surface area contributed by atoms with Crippen LogP contribution in [0.4, 0.5) is 11.6 Å². The van der Waals surface area contributed by atoms with E-state index >= 15 is 0 Å². The number of para-hydroxylation sites is 3. The van der Waals surface area contributed by atoms with Crippen molar-refractivity contribution in [1.82, 2.24) is 19.5 Å². The number of anilines is 2. The molecule has 5 heteroatoms. The number of rotatable bonds is 3. The highest BCUT2D eigenvalue weighted by molar-refractivity contribution is 5.82. The SMILES string of the molecule is Cc1ccccc1Nc1nc2ccccc2n1-c1ccncn1. The van der Waals surface area contributed by atoms with Crippen LogP contribution in [0.15, 0.2) is 67.1 Å². The van der Waals surface area contributed by atoms with Gasteiger partial charge in [-0.3, -0.25) is 4.57 Å². The molecule has 4 aromatic rings. The molecule has 0 aliphatic heterocycles. The standard InChI is InChI=1S/C18H15N5/c1-13-6-2-3-7-14(13)21-18-22-15-8-4-5-9-16(15)23(18)17-10-11-19-12-20-17/h2-12H,1H3,(H,21,22). The van der Waals surface area contributed by atoms with Gasteiger partial charge in [0.05, 0.1) is 11.0 Å². The molecule has 0 spiro atoms. The Morgan fingerprint density at radius 3 is 2.61 bits per heavy atom. The molecule has 2 heterocycles. The average molecular weight is 301 g/mol. The normalized spacial score (nSPS) is 10.8. The molecule has 0 atom stereocenters. The third-order valence-electron chi connectivity index (χ3n) is 3.75. The minimum absolute atomic E-state index is 0.735. The number of fused-ring (bicyclic) bond motifs is 1. The summed E-state index contributed by atoms with van der Waals surface area (Å²) >= 11 is 0. The first-order chi connectivity index (χ1) is 11.3. The monoisotopic (exact) mass is 301 g/mol. The molecule has 0 amide bonds. The van der Waals surface area contributed by atoms with Crippen LogP contribution in [0.3, 0.4) is 0 Å². The van der Waals surface area contributed by atoms with Crippen molar-refractivity contribution < 1.29 is 0 Å². The number of hydrogen-bond acceptors (Lipinski definition) is 4. The van der Waals surface area contributed by atoms with Gasteiger partial charge in [0, 0.05) is 11.9 Å². The van der Waals surface area contributed by atoms with Gasteiger partial charge in [-0.2, -0.15) is 0 Å². The number of imidazole rings is 1. The van der Waals surface area contributed by atoms with Crippen molar-refractivity contribution in [1.29, 1.82) is 0 Å². The van der Waals surface area contributed by atoms with E-state index in [0.29, 0.717) is 0 Å². The second-order valence-corrected chi connectivity index (χ2v) is 5.27. The van der Waals surface area contributed by atoms with Crippen LogP contribution in [-0.4, -0.2) is 19.5 Å². The predicted octanol–water partition coefficient (Wildman–Crippen LogP) is 3.87. The van der Waals surface area contributed by atoms with E-state index in [9.17, 15) is 0 Å². The molecule has 5 nitrogen and oxygen atoms in total. The van der Waals surface area contributed by atoms with Gasteiger partial charge in [0.25, 0.3) is 0 Å². The molecular weight excluding hydrogens is 286 g/mol. The quantitative estimate of drug-likeness (QED) is 0.624. The van der Waals surface area contributed by atoms with Crippen LogP contribution >= 0.6 is 0 Å². The van der Waals surface area contributed by atoms with Gasteiger partial charge in [-0.15, -0.1) is 0 Å². The average Bonchev–Trinajstić information content (AvgIpc) is 2.95. The Balaban J connectivity index is 1.91. The van der Waals surface area contributed by atoms with E-state index in [2.05, 4.69) is 28.3 Å². The van der Waals surface area contributed by atoms with Crippen LogP contribution in [0.2, 0.25) is 0 Å². The summed E-state index contributed by atoms with van der Waals surface area (Å²) in [6, 6.07) is 18.0. The first kappa shape index (κ1) is 13.5. The lowest BCUT2D eigenvalue weighted by molar-refractivity contribution is 1.00. The zero-order chi connectivity index (χ0) is 15.6. The lowest BCUT2D eigenvalue weighted by Gasteiger charge is -2.11. The first-order valence-corrected chi connectivity index (χ1v) is 7.39. The van der Waals surface area contributed by atoms with Crippen LogP contribution in [0, 0.1) is 6.92 Å². The molecule has 0 saturated heterocycles. The van der Waals surface area contributed by atoms with Gasteiger partial charge in [-0.25, -0.2) is 15.0 Å². The summed E-state index contributed by atoms with van der Waals surface area (Å²) in [5.74, 6) is 1.52. The molecule has 0 unspecified atom stereocenters. The van der Waals surface area contributed by atoms with Gasteiger partial charge >= 0.3 is 0 Å². The fourth-order valence-electron chi connectivity index (χ4n) is 2.59. The van der Waals surface area contributed by atoms with Crippen molar-refractivity contribution in [2.45, 2.75) is 6.92 Å². The van der Waals surface area contributed by atoms with Gasteiger partial charge in [0.2, 0.25) is 5.95 Å². The summed E-state index contributed by atoms with van der Waals surface area (Å²) in [7, 11) is 0. The first-order valence-electron chi connectivity index (χ1n) is 7.39. The molecule has 23 heavy (non-hydrogen) atoms. The summed E-state index contributed by atoms with van der Waals surface area (Å²) in [6.07, 6.45) is 3.27. The van der Waals surface area contributed by atoms with Crippen LogP contribution in [0.5, 0.6) is 0 Å². The number of benzene rings is 2. The summed E-state index contributed by atoms with van der Waals surface area (Å²) in [5, 5.41) is 3.42. The fraction of sp³-hybridized carbons (Fsp3) is 0.0556. The molecule has 2 aromatic heterocycles. The largest absolute Gasteiger partial charge is 0.325 e. The molecule has 0 saturated carbocycles. The maximum atomic E-state index is 4.72. The van der Waals surface area contributed by atoms with E-state index in [4.69, 9.17) is 4.98 Å². The Bertz CT molecular complexity index is 959. The van der Waals surface area contributed by atoms with E-state index in [0.717, 1.165) is 34.1 Å². The van der Waals surface area contributed by atoms with Gasteiger partial charge in [-0.1, -0.05) is 30.3 Å². The van der Waals surface area contributed by atoms with Crippen molar-refractivity contribution in [3.63, 3.8) is 0 Å². The molecule has 2 aromatic carbocycles. The lowest BCUT2D eigenvalue weighted by Crippen LogP contribution is -2.04. The van der Waals surface area contributed by atoms with Gasteiger partial charge in [-0.05, 0) is 36.8 Å². The minimum atomic E-state index is 0.735. The summed E-state index contributed by atoms with van der Waals surface area (Å²) in [4.78, 5) is 13.1. The molecular formula is C18H15N5. The third-order valence-corrected chi connectivity index (χ3v) is 3.75. The topological polar surface area (TPSA) is 55.6 Å². The smallest absolute Gasteiger partial charge is 0.214 e. The van der Waals surface area contributed by atoms with Crippen LogP contribution in [-0.2, 0) is 0 Å². The van der Waals surface area contributed by atoms with Crippen LogP contribution < -0.4 is 5.32 Å². The second kappa shape index (κ2) is 5.53. The van der Waals surface area contributed by atoms with Gasteiger partial charge < -0.3 is 5.32 Å². The molecule has 0 radical (unpaired) electrons. The van der Waals surface area contributed by atoms with E-state index in [1.807, 2.05) is 53.1 Å². The zero-order valence-electron chi connectivity index (χ0n) is 12.6. The molecule has 0 fully saturated rings. The van der Waals surface area contributed by atoms with Crippen LogP contribution in [0.25, 0.3) is 16.9 Å². The number of aryl methyl sites for hydroxylation is 1. The second-order valence-electron chi connectivity index (χ2n) is 5.27. The minimum Gasteiger partial charge on any atom is -0.325 e. The Kier molecular flexibility index (Phi) is 3.24. The van der Waals surface area contributed by atoms with Crippen molar-refractivity contribution in [2.24, 2.45) is 0 Å². The fourth-order valence-corrected chi connectivity index (χ4v) is 2.59. The molecule has 112 valence electrons. The lowest BCUT2D eigenvalue weighted by atomic mass is 10.2. The zero-order valence-corrected chi connectivity index (χ0v) is 12.6. The third kappa shape index (κ3) is 2.42. The van der Waals surface area contributed by atoms with Crippen molar-refractivity contribution >= 4 is 22.7 Å². The Labute approximate surface area is 133 Å². The van der Waals surface area contributed by atoms with Gasteiger partial charge in [0.15, 0.2) is 0 Å². The molecule has 0 aliphatic rings. The molecule has 0 aliphatic carbocycles. The Hall–Kier alpha value is -3.21. The van der Waals surface area contributed by atoms with Crippen molar-refractivity contribution in [2.75, 3.05) is 5.32 Å². The molecule has 4 rings (SSSR count). The van der Waals surface area contributed by atoms with E-state index < -0.39 is 0 Å². The highest BCUT2D eigenvalue weighted by Gasteiger charge is 2.13. The number of aromatic nitrogens is 4. The number of nitrogens with one attached hydrogen (secondary N) is 1. The van der Waals surface area contributed by atoms with E-state index in [1.54, 1.807) is 12.5 Å². The maximum absolute atomic E-state index is 4.72. The van der Waals surface area contributed by atoms with Crippen molar-refractivity contribution in [3.8, 4) is 5.82 Å². The maximum Gasteiger partial charge on any atom is 0.214 e. The number of nitrogens with zero attached hydrogens (tertiary/aromatic N) is 4. The van der Waals surface area contributed by atoms with E-state index in [1.165, 1.54) is 0 Å². The van der Waals surface area contributed by atoms with E-state index in [-0.39, 0.29) is 0 Å². The van der Waals surface area contributed by atoms with Gasteiger partial charge in [0.1, 0.15) is 12.1 Å². The summed E-state index contributed by atoms with van der Waals surface area (Å²) in [5.41, 5.74) is 4.11. The predicted molar refractivity (Wildman–Crippen MR) is 91.1 cm³/mol.